The first kappa shape index (κ1) is 13.0. The lowest BCUT2D eigenvalue weighted by molar-refractivity contribution is 0.0950. The van der Waals surface area contributed by atoms with E-state index in [1.807, 2.05) is 0 Å². The number of nitrogens with one attached hydrogen (secondary N) is 1. The molecule has 0 fully saturated rings. The third-order valence-electron chi connectivity index (χ3n) is 2.74. The van der Waals surface area contributed by atoms with Gasteiger partial charge in [-0.15, -0.1) is 0 Å². The van der Waals surface area contributed by atoms with Gasteiger partial charge in [-0.05, 0) is 37.6 Å². The summed E-state index contributed by atoms with van der Waals surface area (Å²) in [5.74, 6) is 0.539. The molecule has 0 aliphatic rings. The average Bonchev–Trinajstić information content (AvgIpc) is 2.39. The van der Waals surface area contributed by atoms with Crippen LogP contribution in [-0.4, -0.2) is 21.0 Å². The number of benzene rings is 1. The van der Waals surface area contributed by atoms with Gasteiger partial charge in [0.25, 0.3) is 5.91 Å². The van der Waals surface area contributed by atoms with Gasteiger partial charge in [-0.3, -0.25) is 4.79 Å². The molecule has 1 aromatic carbocycles. The van der Waals surface area contributed by atoms with E-state index in [4.69, 9.17) is 0 Å². The Morgan fingerprint density at radius 2 is 2.11 bits per heavy atom. The highest BCUT2D eigenvalue weighted by molar-refractivity contribution is 5.94. The smallest absolute Gasteiger partial charge is 0.251 e. The van der Waals surface area contributed by atoms with Gasteiger partial charge in [-0.1, -0.05) is 6.07 Å². The topological polar surface area (TPSA) is 75.1 Å². The minimum absolute atomic E-state index is 0.116. The highest BCUT2D eigenvalue weighted by atomic mass is 16.3. The van der Waals surface area contributed by atoms with Gasteiger partial charge in [0.05, 0.1) is 12.2 Å². The number of phenolic OH excluding ortho intramolecular Hbond substituents is 1. The Morgan fingerprint density at radius 1 is 1.32 bits per heavy atom. The first-order chi connectivity index (χ1) is 9.06. The maximum Gasteiger partial charge on any atom is 0.251 e. The zero-order valence-corrected chi connectivity index (χ0v) is 10.8. The molecule has 5 heteroatoms. The molecular formula is C14H15N3O2. The van der Waals surface area contributed by atoms with E-state index < -0.39 is 0 Å². The molecule has 0 aliphatic carbocycles. The number of aromatic hydroxyl groups is 1. The third kappa shape index (κ3) is 3.28. The highest BCUT2D eigenvalue weighted by Gasteiger charge is 2.07. The molecule has 0 saturated heterocycles. The van der Waals surface area contributed by atoms with Crippen molar-refractivity contribution >= 4 is 5.91 Å². The van der Waals surface area contributed by atoms with Crippen LogP contribution in [0.25, 0.3) is 0 Å². The standard InChI is InChI=1S/C14H15N3O2/c1-9-3-4-11(7-13(9)18)14(19)16-8-12-5-6-15-10(2)17-12/h3-7,18H,8H2,1-2H3,(H,16,19). The molecule has 0 bridgehead atoms. The normalized spacial score (nSPS) is 10.2. The Bertz CT molecular complexity index is 611. The number of hydrogen-bond acceptors (Lipinski definition) is 4. The number of amides is 1. The van der Waals surface area contributed by atoms with E-state index in [1.165, 1.54) is 6.07 Å². The molecule has 0 unspecified atom stereocenters. The summed E-state index contributed by atoms with van der Waals surface area (Å²) in [5, 5.41) is 12.3. The van der Waals surface area contributed by atoms with Gasteiger partial charge in [-0.2, -0.15) is 0 Å². The van der Waals surface area contributed by atoms with Crippen molar-refractivity contribution in [1.29, 1.82) is 0 Å². The SMILES string of the molecule is Cc1nccc(CNC(=O)c2ccc(C)c(O)c2)n1. The van der Waals surface area contributed by atoms with Crippen LogP contribution in [0.2, 0.25) is 0 Å². The molecule has 0 aliphatic heterocycles. The van der Waals surface area contributed by atoms with Crippen LogP contribution < -0.4 is 5.32 Å². The molecule has 1 amide bonds. The van der Waals surface area contributed by atoms with E-state index in [2.05, 4.69) is 15.3 Å². The number of aryl methyl sites for hydroxylation is 2. The summed E-state index contributed by atoms with van der Waals surface area (Å²) in [5.41, 5.74) is 1.91. The fraction of sp³-hybridized carbons (Fsp3) is 0.214. The molecule has 0 spiro atoms. The van der Waals surface area contributed by atoms with Crippen molar-refractivity contribution < 1.29 is 9.90 Å². The zero-order valence-electron chi connectivity index (χ0n) is 10.8. The number of carbonyl (C=O) groups is 1. The van der Waals surface area contributed by atoms with E-state index in [1.54, 1.807) is 38.2 Å². The Balaban J connectivity index is 2.03. The first-order valence-corrected chi connectivity index (χ1v) is 5.92. The molecule has 98 valence electrons. The largest absolute Gasteiger partial charge is 0.508 e. The van der Waals surface area contributed by atoms with Gasteiger partial charge in [0, 0.05) is 11.8 Å². The number of hydrogen-bond donors (Lipinski definition) is 2. The Kier molecular flexibility index (Phi) is 3.75. The second kappa shape index (κ2) is 5.48. The molecule has 0 atom stereocenters. The van der Waals surface area contributed by atoms with Crippen LogP contribution in [0.4, 0.5) is 0 Å². The van der Waals surface area contributed by atoms with E-state index in [-0.39, 0.29) is 11.7 Å². The van der Waals surface area contributed by atoms with Gasteiger partial charge in [0.15, 0.2) is 0 Å². The maximum atomic E-state index is 11.9. The van der Waals surface area contributed by atoms with Crippen LogP contribution in [0.5, 0.6) is 5.75 Å². The summed E-state index contributed by atoms with van der Waals surface area (Å²) in [6, 6.07) is 6.59. The van der Waals surface area contributed by atoms with Crippen LogP contribution in [-0.2, 0) is 6.54 Å². The quantitative estimate of drug-likeness (QED) is 0.878. The number of carbonyl (C=O) groups excluding carboxylic acids is 1. The third-order valence-corrected chi connectivity index (χ3v) is 2.74. The number of phenols is 1. The summed E-state index contributed by atoms with van der Waals surface area (Å²) < 4.78 is 0. The zero-order chi connectivity index (χ0) is 13.8. The molecule has 2 aromatic rings. The second-order valence-electron chi connectivity index (χ2n) is 4.28. The van der Waals surface area contributed by atoms with Crippen molar-refractivity contribution in [3.63, 3.8) is 0 Å². The predicted molar refractivity (Wildman–Crippen MR) is 70.8 cm³/mol. The fourth-order valence-corrected chi connectivity index (χ4v) is 1.63. The summed E-state index contributed by atoms with van der Waals surface area (Å²) in [7, 11) is 0. The van der Waals surface area contributed by atoms with Crippen LogP contribution in [0.15, 0.2) is 30.5 Å². The lowest BCUT2D eigenvalue weighted by Gasteiger charge is -2.06. The molecular weight excluding hydrogens is 242 g/mol. The van der Waals surface area contributed by atoms with Crippen molar-refractivity contribution in [3.8, 4) is 5.75 Å². The predicted octanol–water partition coefficient (Wildman–Crippen LogP) is 1.73. The molecule has 2 rings (SSSR count). The number of aromatic nitrogens is 2. The summed E-state index contributed by atoms with van der Waals surface area (Å²) in [6.07, 6.45) is 1.65. The Morgan fingerprint density at radius 3 is 2.79 bits per heavy atom. The van der Waals surface area contributed by atoms with Gasteiger partial charge in [0.1, 0.15) is 11.6 Å². The minimum atomic E-state index is -0.244. The van der Waals surface area contributed by atoms with Gasteiger partial charge < -0.3 is 10.4 Å². The number of nitrogens with zero attached hydrogens (tertiary/aromatic N) is 2. The van der Waals surface area contributed by atoms with Gasteiger partial charge >= 0.3 is 0 Å². The lowest BCUT2D eigenvalue weighted by atomic mass is 10.1. The Hall–Kier alpha value is -2.43. The summed E-state index contributed by atoms with van der Waals surface area (Å²) >= 11 is 0. The van der Waals surface area contributed by atoms with Crippen LogP contribution in [0.3, 0.4) is 0 Å². The highest BCUT2D eigenvalue weighted by Crippen LogP contribution is 2.17. The average molecular weight is 257 g/mol. The molecule has 19 heavy (non-hydrogen) atoms. The van der Waals surface area contributed by atoms with E-state index >= 15 is 0 Å². The monoisotopic (exact) mass is 257 g/mol. The molecule has 0 radical (unpaired) electrons. The Labute approximate surface area is 111 Å². The molecule has 2 N–H and O–H groups in total. The van der Waals surface area contributed by atoms with E-state index in [0.717, 1.165) is 11.3 Å². The maximum absolute atomic E-state index is 11.9. The summed E-state index contributed by atoms with van der Waals surface area (Å²) in [4.78, 5) is 20.1. The molecule has 0 saturated carbocycles. The van der Waals surface area contributed by atoms with Crippen LogP contribution in [0, 0.1) is 13.8 Å². The van der Waals surface area contributed by atoms with Crippen molar-refractivity contribution in [2.24, 2.45) is 0 Å². The molecule has 1 aromatic heterocycles. The van der Waals surface area contributed by atoms with Gasteiger partial charge in [-0.25, -0.2) is 9.97 Å². The fourth-order valence-electron chi connectivity index (χ4n) is 1.63. The number of rotatable bonds is 3. The van der Waals surface area contributed by atoms with Crippen LogP contribution in [0.1, 0.15) is 27.4 Å². The van der Waals surface area contributed by atoms with Crippen molar-refractivity contribution in [2.75, 3.05) is 0 Å². The molecule has 1 heterocycles. The summed E-state index contributed by atoms with van der Waals surface area (Å²) in [6.45, 7) is 3.90. The van der Waals surface area contributed by atoms with Crippen molar-refractivity contribution in [2.45, 2.75) is 20.4 Å². The minimum Gasteiger partial charge on any atom is -0.508 e. The lowest BCUT2D eigenvalue weighted by Crippen LogP contribution is -2.23. The van der Waals surface area contributed by atoms with E-state index in [0.29, 0.717) is 17.9 Å². The first-order valence-electron chi connectivity index (χ1n) is 5.92. The van der Waals surface area contributed by atoms with Crippen molar-refractivity contribution in [3.05, 3.63) is 53.1 Å². The van der Waals surface area contributed by atoms with Crippen molar-refractivity contribution in [1.82, 2.24) is 15.3 Å². The van der Waals surface area contributed by atoms with Gasteiger partial charge in [0.2, 0.25) is 0 Å². The van der Waals surface area contributed by atoms with Crippen LogP contribution >= 0.6 is 0 Å². The van der Waals surface area contributed by atoms with E-state index in [9.17, 15) is 9.90 Å². The second-order valence-corrected chi connectivity index (χ2v) is 4.28. The molecule has 5 nitrogen and oxygen atoms in total.